The van der Waals surface area contributed by atoms with Crippen molar-refractivity contribution in [2.45, 2.75) is 18.9 Å². The maximum absolute atomic E-state index is 5.60. The number of nitrogens with zero attached hydrogens (tertiary/aromatic N) is 3. The number of rotatable bonds is 7. The van der Waals surface area contributed by atoms with Crippen molar-refractivity contribution in [3.63, 3.8) is 0 Å². The van der Waals surface area contributed by atoms with Crippen molar-refractivity contribution in [3.05, 3.63) is 12.3 Å². The zero-order valence-electron chi connectivity index (χ0n) is 13.0. The van der Waals surface area contributed by atoms with Gasteiger partial charge >= 0.3 is 0 Å². The second kappa shape index (κ2) is 8.26. The van der Waals surface area contributed by atoms with E-state index in [4.69, 9.17) is 9.47 Å². The second-order valence-corrected chi connectivity index (χ2v) is 5.66. The van der Waals surface area contributed by atoms with Crippen molar-refractivity contribution in [2.75, 3.05) is 63.2 Å². The van der Waals surface area contributed by atoms with Gasteiger partial charge in [0.15, 0.2) is 0 Å². The van der Waals surface area contributed by atoms with E-state index in [1.165, 1.54) is 0 Å². The highest BCUT2D eigenvalue weighted by Crippen LogP contribution is 2.13. The summed E-state index contributed by atoms with van der Waals surface area (Å²) in [5.41, 5.74) is 0. The van der Waals surface area contributed by atoms with Gasteiger partial charge in [-0.15, -0.1) is 0 Å². The first-order chi connectivity index (χ1) is 10.9. The Kier molecular flexibility index (Phi) is 5.80. The fourth-order valence-electron chi connectivity index (χ4n) is 2.72. The Morgan fingerprint density at radius 1 is 1.23 bits per heavy atom. The van der Waals surface area contributed by atoms with Crippen LogP contribution in [0.3, 0.4) is 0 Å². The normalized spacial score (nSPS) is 22.6. The molecule has 2 N–H and O–H groups in total. The lowest BCUT2D eigenvalue weighted by atomic mass is 10.2. The number of nitrogens with one attached hydrogen (secondary N) is 2. The van der Waals surface area contributed by atoms with Crippen molar-refractivity contribution in [1.29, 1.82) is 0 Å². The van der Waals surface area contributed by atoms with Gasteiger partial charge in [-0.3, -0.25) is 4.90 Å². The van der Waals surface area contributed by atoms with Gasteiger partial charge in [-0.25, -0.2) is 4.98 Å². The van der Waals surface area contributed by atoms with E-state index in [2.05, 4.69) is 25.5 Å². The molecular weight excluding hydrogens is 282 g/mol. The smallest absolute Gasteiger partial charge is 0.224 e. The van der Waals surface area contributed by atoms with E-state index in [1.54, 1.807) is 6.20 Å². The van der Waals surface area contributed by atoms with Crippen molar-refractivity contribution < 1.29 is 9.47 Å². The molecule has 3 rings (SSSR count). The Balaban J connectivity index is 1.40. The molecule has 0 aromatic carbocycles. The molecule has 1 aromatic heterocycles. The first kappa shape index (κ1) is 15.5. The van der Waals surface area contributed by atoms with Crippen LogP contribution >= 0.6 is 0 Å². The second-order valence-electron chi connectivity index (χ2n) is 5.66. The maximum Gasteiger partial charge on any atom is 0.224 e. The van der Waals surface area contributed by atoms with Gasteiger partial charge in [0.05, 0.1) is 19.3 Å². The molecule has 0 amide bonds. The Labute approximate surface area is 131 Å². The standard InChI is InChI=1S/C15H25N5O2/c1-2-13(22-9-1)12-18-14-3-4-16-15(19-14)17-5-6-20-7-10-21-11-8-20/h3-4,13H,1-2,5-12H2,(H2,16,17,18,19). The highest BCUT2D eigenvalue weighted by Gasteiger charge is 2.15. The van der Waals surface area contributed by atoms with Crippen LogP contribution in [-0.4, -0.2) is 73.5 Å². The SMILES string of the molecule is c1cc(NCC2CCCO2)nc(NCCN2CCOCC2)n1. The van der Waals surface area contributed by atoms with Crippen LogP contribution in [0.5, 0.6) is 0 Å². The summed E-state index contributed by atoms with van der Waals surface area (Å²) in [6.45, 7) is 7.19. The van der Waals surface area contributed by atoms with E-state index in [0.717, 1.165) is 71.2 Å². The molecule has 3 heterocycles. The molecule has 7 heteroatoms. The quantitative estimate of drug-likeness (QED) is 0.772. The number of ether oxygens (including phenoxy) is 2. The molecule has 1 atom stereocenters. The van der Waals surface area contributed by atoms with Crippen molar-refractivity contribution in [2.24, 2.45) is 0 Å². The first-order valence-corrected chi connectivity index (χ1v) is 8.13. The minimum absolute atomic E-state index is 0.313. The summed E-state index contributed by atoms with van der Waals surface area (Å²) < 4.78 is 10.9. The molecule has 0 aliphatic carbocycles. The molecule has 0 saturated carbocycles. The fourth-order valence-corrected chi connectivity index (χ4v) is 2.72. The topological polar surface area (TPSA) is 71.5 Å². The van der Waals surface area contributed by atoms with E-state index >= 15 is 0 Å². The predicted octanol–water partition coefficient (Wildman–Crippen LogP) is 0.812. The Morgan fingerprint density at radius 2 is 2.14 bits per heavy atom. The van der Waals surface area contributed by atoms with Gasteiger partial charge in [0.2, 0.25) is 5.95 Å². The first-order valence-electron chi connectivity index (χ1n) is 8.13. The summed E-state index contributed by atoms with van der Waals surface area (Å²) in [7, 11) is 0. The van der Waals surface area contributed by atoms with Gasteiger partial charge in [-0.2, -0.15) is 4.98 Å². The molecule has 1 unspecified atom stereocenters. The molecule has 0 radical (unpaired) electrons. The highest BCUT2D eigenvalue weighted by molar-refractivity contribution is 5.39. The molecule has 2 saturated heterocycles. The molecule has 22 heavy (non-hydrogen) atoms. The molecule has 122 valence electrons. The molecule has 7 nitrogen and oxygen atoms in total. The van der Waals surface area contributed by atoms with E-state index < -0.39 is 0 Å². The predicted molar refractivity (Wildman–Crippen MR) is 85.2 cm³/mol. The summed E-state index contributed by atoms with van der Waals surface area (Å²) in [6.07, 6.45) is 4.38. The van der Waals surface area contributed by atoms with E-state index in [0.29, 0.717) is 12.1 Å². The van der Waals surface area contributed by atoms with Crippen LogP contribution in [0.4, 0.5) is 11.8 Å². The minimum atomic E-state index is 0.313. The van der Waals surface area contributed by atoms with Crippen molar-refractivity contribution >= 4 is 11.8 Å². The van der Waals surface area contributed by atoms with Gasteiger partial charge in [0, 0.05) is 45.5 Å². The fraction of sp³-hybridized carbons (Fsp3) is 0.733. The molecule has 2 fully saturated rings. The summed E-state index contributed by atoms with van der Waals surface area (Å²) >= 11 is 0. The number of anilines is 2. The van der Waals surface area contributed by atoms with Crippen LogP contribution in [-0.2, 0) is 9.47 Å². The van der Waals surface area contributed by atoms with Crippen LogP contribution in [0.15, 0.2) is 12.3 Å². The lowest BCUT2D eigenvalue weighted by Gasteiger charge is -2.26. The van der Waals surface area contributed by atoms with Crippen LogP contribution < -0.4 is 10.6 Å². The van der Waals surface area contributed by atoms with Crippen LogP contribution in [0.1, 0.15) is 12.8 Å². The summed E-state index contributed by atoms with van der Waals surface area (Å²) in [5.74, 6) is 1.52. The monoisotopic (exact) mass is 307 g/mol. The lowest BCUT2D eigenvalue weighted by molar-refractivity contribution is 0.0398. The van der Waals surface area contributed by atoms with Crippen molar-refractivity contribution in [1.82, 2.24) is 14.9 Å². The molecule has 2 aliphatic rings. The number of hydrogen-bond acceptors (Lipinski definition) is 7. The summed E-state index contributed by atoms with van der Waals surface area (Å²) in [4.78, 5) is 11.1. The Hall–Kier alpha value is -1.44. The molecule has 0 spiro atoms. The van der Waals surface area contributed by atoms with E-state index in [1.807, 2.05) is 6.07 Å². The number of aromatic nitrogens is 2. The van der Waals surface area contributed by atoms with Gasteiger partial charge < -0.3 is 20.1 Å². The average Bonchev–Trinajstić information content (AvgIpc) is 3.08. The van der Waals surface area contributed by atoms with E-state index in [-0.39, 0.29) is 0 Å². The maximum atomic E-state index is 5.60. The third kappa shape index (κ3) is 4.79. The zero-order chi connectivity index (χ0) is 15.0. The number of hydrogen-bond donors (Lipinski definition) is 2. The van der Waals surface area contributed by atoms with Gasteiger partial charge in [0.25, 0.3) is 0 Å². The van der Waals surface area contributed by atoms with E-state index in [9.17, 15) is 0 Å². The Bertz CT molecular complexity index is 447. The molecule has 2 aliphatic heterocycles. The van der Waals surface area contributed by atoms with Crippen LogP contribution in [0, 0.1) is 0 Å². The molecule has 0 bridgehead atoms. The van der Waals surface area contributed by atoms with Gasteiger partial charge in [0.1, 0.15) is 5.82 Å². The highest BCUT2D eigenvalue weighted by atomic mass is 16.5. The van der Waals surface area contributed by atoms with Gasteiger partial charge in [-0.1, -0.05) is 0 Å². The van der Waals surface area contributed by atoms with Crippen LogP contribution in [0.25, 0.3) is 0 Å². The third-order valence-electron chi connectivity index (χ3n) is 4.01. The zero-order valence-corrected chi connectivity index (χ0v) is 13.0. The summed E-state index contributed by atoms with van der Waals surface area (Å²) in [6, 6.07) is 1.89. The molecule has 1 aromatic rings. The number of morpholine rings is 1. The van der Waals surface area contributed by atoms with Crippen LogP contribution in [0.2, 0.25) is 0 Å². The molecular formula is C15H25N5O2. The lowest BCUT2D eigenvalue weighted by Crippen LogP contribution is -2.39. The average molecular weight is 307 g/mol. The minimum Gasteiger partial charge on any atom is -0.379 e. The van der Waals surface area contributed by atoms with Crippen molar-refractivity contribution in [3.8, 4) is 0 Å². The third-order valence-corrected chi connectivity index (χ3v) is 4.01. The largest absolute Gasteiger partial charge is 0.379 e. The Morgan fingerprint density at radius 3 is 2.95 bits per heavy atom. The van der Waals surface area contributed by atoms with Gasteiger partial charge in [-0.05, 0) is 18.9 Å². The summed E-state index contributed by atoms with van der Waals surface area (Å²) in [5, 5.41) is 6.61.